The Balaban J connectivity index is 1.86. The number of hydrogen-bond donors (Lipinski definition) is 1. The molecule has 4 nitrogen and oxygen atoms in total. The van der Waals surface area contributed by atoms with Gasteiger partial charge in [-0.1, -0.05) is 6.92 Å². The second-order valence-corrected chi connectivity index (χ2v) is 5.32. The Morgan fingerprint density at radius 3 is 3.11 bits per heavy atom. The molecule has 1 aromatic rings. The average molecular weight is 261 g/mol. The summed E-state index contributed by atoms with van der Waals surface area (Å²) in [5.41, 5.74) is 0.335. The summed E-state index contributed by atoms with van der Waals surface area (Å²) in [6.45, 7) is 4.40. The normalized spacial score (nSPS) is 25.2. The van der Waals surface area contributed by atoms with Crippen LogP contribution in [0, 0.1) is 0 Å². The van der Waals surface area contributed by atoms with Crippen molar-refractivity contribution in [3.8, 4) is 11.5 Å². The second kappa shape index (κ2) is 4.85. The zero-order chi connectivity index (χ0) is 13.3. The number of rotatable bonds is 3. The topological polar surface area (TPSA) is 47.6 Å². The minimum Gasteiger partial charge on any atom is -0.494 e. The highest BCUT2D eigenvalue weighted by molar-refractivity contribution is 6.00. The van der Waals surface area contributed by atoms with Crippen molar-refractivity contribution in [3.05, 3.63) is 23.8 Å². The molecule has 1 unspecified atom stereocenters. The largest absolute Gasteiger partial charge is 0.494 e. The Labute approximate surface area is 113 Å². The first-order chi connectivity index (χ1) is 9.22. The van der Waals surface area contributed by atoms with Crippen LogP contribution in [-0.2, 0) is 0 Å². The van der Waals surface area contributed by atoms with Crippen molar-refractivity contribution in [1.82, 2.24) is 5.32 Å². The highest BCUT2D eigenvalue weighted by atomic mass is 16.5. The fourth-order valence-corrected chi connectivity index (χ4v) is 2.74. The molecular formula is C15H19NO3. The first-order valence-corrected chi connectivity index (χ1v) is 6.92. The number of nitrogens with one attached hydrogen (secondary N) is 1. The van der Waals surface area contributed by atoms with Crippen LogP contribution in [0.25, 0.3) is 0 Å². The van der Waals surface area contributed by atoms with Gasteiger partial charge in [0.25, 0.3) is 0 Å². The third kappa shape index (κ3) is 2.32. The van der Waals surface area contributed by atoms with E-state index in [0.29, 0.717) is 24.3 Å². The van der Waals surface area contributed by atoms with Crippen LogP contribution in [-0.4, -0.2) is 31.1 Å². The van der Waals surface area contributed by atoms with E-state index in [1.807, 2.05) is 18.2 Å². The monoisotopic (exact) mass is 261 g/mol. The van der Waals surface area contributed by atoms with Crippen LogP contribution in [0.2, 0.25) is 0 Å². The lowest BCUT2D eigenvalue weighted by Crippen LogP contribution is -2.43. The molecule has 1 fully saturated rings. The Hall–Kier alpha value is -1.55. The van der Waals surface area contributed by atoms with E-state index in [0.717, 1.165) is 31.7 Å². The fraction of sp³-hybridized carbons (Fsp3) is 0.533. The molecule has 1 atom stereocenters. The lowest BCUT2D eigenvalue weighted by molar-refractivity contribution is 0.0527. The van der Waals surface area contributed by atoms with Crippen molar-refractivity contribution >= 4 is 5.78 Å². The van der Waals surface area contributed by atoms with Crippen molar-refractivity contribution in [1.29, 1.82) is 0 Å². The van der Waals surface area contributed by atoms with Crippen LogP contribution in [0.4, 0.5) is 0 Å². The van der Waals surface area contributed by atoms with E-state index < -0.39 is 0 Å². The van der Waals surface area contributed by atoms with E-state index in [4.69, 9.17) is 9.47 Å². The van der Waals surface area contributed by atoms with E-state index in [1.165, 1.54) is 0 Å². The number of Topliss-reactive ketones (excluding diaryl/α,β-unsaturated/α-hetero) is 1. The van der Waals surface area contributed by atoms with Gasteiger partial charge in [-0.3, -0.25) is 4.79 Å². The summed E-state index contributed by atoms with van der Waals surface area (Å²) in [6, 6.07) is 5.54. The molecule has 1 N–H and O–H groups in total. The predicted molar refractivity (Wildman–Crippen MR) is 72.0 cm³/mol. The molecule has 0 bridgehead atoms. The predicted octanol–water partition coefficient (Wildman–Crippen LogP) is 2.17. The van der Waals surface area contributed by atoms with E-state index in [2.05, 4.69) is 12.2 Å². The molecular weight excluding hydrogens is 242 g/mol. The molecule has 0 aliphatic carbocycles. The molecule has 102 valence electrons. The van der Waals surface area contributed by atoms with Crippen molar-refractivity contribution in [2.45, 2.75) is 31.8 Å². The Morgan fingerprint density at radius 2 is 2.37 bits per heavy atom. The lowest BCUT2D eigenvalue weighted by atomic mass is 9.89. The number of carbonyl (C=O) groups is 1. The summed E-state index contributed by atoms with van der Waals surface area (Å²) in [6.07, 6.45) is 2.31. The maximum absolute atomic E-state index is 12.3. The number of ether oxygens (including phenoxy) is 2. The molecule has 1 spiro atoms. The molecule has 1 saturated heterocycles. The first kappa shape index (κ1) is 12.5. The smallest absolute Gasteiger partial charge is 0.170 e. The summed E-state index contributed by atoms with van der Waals surface area (Å²) < 4.78 is 11.6. The van der Waals surface area contributed by atoms with Gasteiger partial charge in [-0.2, -0.15) is 0 Å². The first-order valence-electron chi connectivity index (χ1n) is 6.92. The maximum Gasteiger partial charge on any atom is 0.170 e. The number of fused-ring (bicyclic) bond motifs is 1. The van der Waals surface area contributed by atoms with Gasteiger partial charge in [0.1, 0.15) is 17.1 Å². The molecule has 2 aliphatic rings. The zero-order valence-corrected chi connectivity index (χ0v) is 11.2. The van der Waals surface area contributed by atoms with Gasteiger partial charge >= 0.3 is 0 Å². The third-order valence-corrected chi connectivity index (χ3v) is 3.74. The minimum atomic E-state index is -0.324. The number of benzene rings is 1. The van der Waals surface area contributed by atoms with Gasteiger partial charge in [0.05, 0.1) is 18.6 Å². The standard InChI is InChI=1S/C15H19NO3/c1-2-7-18-11-3-4-14-12(8-11)13(17)9-15(19-14)5-6-16-10-15/h3-4,8,16H,2,5-7,9-10H2,1H3. The van der Waals surface area contributed by atoms with Gasteiger partial charge in [0, 0.05) is 13.0 Å². The van der Waals surface area contributed by atoms with Crippen molar-refractivity contribution < 1.29 is 14.3 Å². The molecule has 1 aromatic carbocycles. The molecule has 19 heavy (non-hydrogen) atoms. The van der Waals surface area contributed by atoms with Crippen molar-refractivity contribution in [3.63, 3.8) is 0 Å². The van der Waals surface area contributed by atoms with Crippen LogP contribution < -0.4 is 14.8 Å². The fourth-order valence-electron chi connectivity index (χ4n) is 2.74. The van der Waals surface area contributed by atoms with Gasteiger partial charge in [-0.15, -0.1) is 0 Å². The highest BCUT2D eigenvalue weighted by Gasteiger charge is 2.42. The number of ketones is 1. The maximum atomic E-state index is 12.3. The van der Waals surface area contributed by atoms with E-state index in [1.54, 1.807) is 0 Å². The van der Waals surface area contributed by atoms with Gasteiger partial charge in [0.2, 0.25) is 0 Å². The second-order valence-electron chi connectivity index (χ2n) is 5.32. The molecule has 3 rings (SSSR count). The Bertz CT molecular complexity index is 492. The molecule has 0 radical (unpaired) electrons. The van der Waals surface area contributed by atoms with Crippen LogP contribution in [0.15, 0.2) is 18.2 Å². The Kier molecular flexibility index (Phi) is 3.19. The van der Waals surface area contributed by atoms with E-state index in [-0.39, 0.29) is 11.4 Å². The van der Waals surface area contributed by atoms with Gasteiger partial charge in [-0.25, -0.2) is 0 Å². The van der Waals surface area contributed by atoms with E-state index in [9.17, 15) is 4.79 Å². The van der Waals surface area contributed by atoms with Crippen LogP contribution >= 0.6 is 0 Å². The third-order valence-electron chi connectivity index (χ3n) is 3.74. The molecule has 0 aromatic heterocycles. The van der Waals surface area contributed by atoms with Gasteiger partial charge < -0.3 is 14.8 Å². The molecule has 4 heteroatoms. The molecule has 0 amide bonds. The quantitative estimate of drug-likeness (QED) is 0.906. The molecule has 2 aliphatic heterocycles. The van der Waals surface area contributed by atoms with Crippen LogP contribution in [0.5, 0.6) is 11.5 Å². The SMILES string of the molecule is CCCOc1ccc2c(c1)C(=O)CC1(CCNC1)O2. The van der Waals surface area contributed by atoms with Gasteiger partial charge in [0.15, 0.2) is 5.78 Å². The Morgan fingerprint density at radius 1 is 1.47 bits per heavy atom. The van der Waals surface area contributed by atoms with Gasteiger partial charge in [-0.05, 0) is 31.2 Å². The number of carbonyl (C=O) groups excluding carboxylic acids is 1. The lowest BCUT2D eigenvalue weighted by Gasteiger charge is -2.34. The van der Waals surface area contributed by atoms with Crippen LogP contribution in [0.1, 0.15) is 36.5 Å². The van der Waals surface area contributed by atoms with Crippen LogP contribution in [0.3, 0.4) is 0 Å². The minimum absolute atomic E-state index is 0.159. The molecule has 2 heterocycles. The van der Waals surface area contributed by atoms with E-state index >= 15 is 0 Å². The summed E-state index contributed by atoms with van der Waals surface area (Å²) in [5, 5.41) is 3.27. The van der Waals surface area contributed by atoms with Crippen molar-refractivity contribution in [2.75, 3.05) is 19.7 Å². The average Bonchev–Trinajstić information content (AvgIpc) is 2.84. The number of hydrogen-bond acceptors (Lipinski definition) is 4. The summed E-state index contributed by atoms with van der Waals surface area (Å²) in [4.78, 5) is 12.3. The van der Waals surface area contributed by atoms with Crippen molar-refractivity contribution in [2.24, 2.45) is 0 Å². The summed E-state index contributed by atoms with van der Waals surface area (Å²) >= 11 is 0. The highest BCUT2D eigenvalue weighted by Crippen LogP contribution is 2.38. The molecule has 0 saturated carbocycles. The summed E-state index contributed by atoms with van der Waals surface area (Å²) in [5.74, 6) is 1.61. The zero-order valence-electron chi connectivity index (χ0n) is 11.2. The summed E-state index contributed by atoms with van der Waals surface area (Å²) in [7, 11) is 0.